The molecule has 0 unspecified atom stereocenters. The first-order chi connectivity index (χ1) is 6.95. The van der Waals surface area contributed by atoms with Crippen molar-refractivity contribution in [1.82, 2.24) is 0 Å². The lowest BCUT2D eigenvalue weighted by atomic mass is 9.82. The van der Waals surface area contributed by atoms with Gasteiger partial charge >= 0.3 is 5.97 Å². The van der Waals surface area contributed by atoms with Gasteiger partial charge in [0.2, 0.25) is 0 Å². The van der Waals surface area contributed by atoms with Gasteiger partial charge in [0.1, 0.15) is 0 Å². The van der Waals surface area contributed by atoms with E-state index in [0.29, 0.717) is 6.42 Å². The molecule has 0 aliphatic heterocycles. The van der Waals surface area contributed by atoms with E-state index in [1.807, 2.05) is 38.1 Å². The molecule has 0 heterocycles. The van der Waals surface area contributed by atoms with Crippen LogP contribution in [0.25, 0.3) is 0 Å². The lowest BCUT2D eigenvalue weighted by molar-refractivity contribution is -0.141. The van der Waals surface area contributed by atoms with Crippen LogP contribution in [0.4, 0.5) is 0 Å². The first kappa shape index (κ1) is 12.2. The molecule has 0 bridgehead atoms. The van der Waals surface area contributed by atoms with Crippen molar-refractivity contribution in [2.24, 2.45) is 0 Å². The van der Waals surface area contributed by atoms with Crippen molar-refractivity contribution in [1.29, 1.82) is 0 Å². The topological polar surface area (TPSA) is 26.3 Å². The highest BCUT2D eigenvalue weighted by atomic mass is 79.9. The van der Waals surface area contributed by atoms with Crippen molar-refractivity contribution in [2.45, 2.75) is 25.7 Å². The molecule has 0 aliphatic carbocycles. The van der Waals surface area contributed by atoms with E-state index in [4.69, 9.17) is 0 Å². The van der Waals surface area contributed by atoms with Crippen LogP contribution in [0.1, 0.15) is 25.8 Å². The lowest BCUT2D eigenvalue weighted by Gasteiger charge is -2.23. The highest BCUT2D eigenvalue weighted by Gasteiger charge is 2.24. The summed E-state index contributed by atoms with van der Waals surface area (Å²) in [4.78, 5) is 11.3. The van der Waals surface area contributed by atoms with E-state index in [1.165, 1.54) is 7.11 Å². The number of carbonyl (C=O) groups is 1. The number of methoxy groups -OCH3 is 1. The quantitative estimate of drug-likeness (QED) is 0.788. The maximum Gasteiger partial charge on any atom is 0.306 e. The molecule has 0 aromatic heterocycles. The number of esters is 1. The standard InChI is InChI=1S/C12H15BrO2/c1-12(2,8-11(14)15-3)9-5-4-6-10(13)7-9/h4-7H,8H2,1-3H3. The van der Waals surface area contributed by atoms with Crippen molar-refractivity contribution in [3.63, 3.8) is 0 Å². The molecular formula is C12H15BrO2. The Morgan fingerprint density at radius 3 is 2.67 bits per heavy atom. The zero-order valence-corrected chi connectivity index (χ0v) is 10.8. The molecule has 0 saturated carbocycles. The van der Waals surface area contributed by atoms with Crippen LogP contribution in [-0.4, -0.2) is 13.1 Å². The third kappa shape index (κ3) is 3.34. The second-order valence-corrected chi connectivity index (χ2v) is 5.06. The van der Waals surface area contributed by atoms with Crippen molar-refractivity contribution in [2.75, 3.05) is 7.11 Å². The van der Waals surface area contributed by atoms with Gasteiger partial charge in [-0.05, 0) is 17.7 Å². The smallest absolute Gasteiger partial charge is 0.306 e. The molecule has 15 heavy (non-hydrogen) atoms. The van der Waals surface area contributed by atoms with Crippen molar-refractivity contribution < 1.29 is 9.53 Å². The van der Waals surface area contributed by atoms with Crippen LogP contribution in [0.5, 0.6) is 0 Å². The van der Waals surface area contributed by atoms with Crippen LogP contribution in [0.15, 0.2) is 28.7 Å². The zero-order valence-electron chi connectivity index (χ0n) is 9.21. The predicted molar refractivity (Wildman–Crippen MR) is 63.8 cm³/mol. The van der Waals surface area contributed by atoms with E-state index in [1.54, 1.807) is 0 Å². The average Bonchev–Trinajstić information content (AvgIpc) is 2.17. The van der Waals surface area contributed by atoms with Gasteiger partial charge in [0.15, 0.2) is 0 Å². The Morgan fingerprint density at radius 1 is 1.47 bits per heavy atom. The average molecular weight is 271 g/mol. The van der Waals surface area contributed by atoms with Crippen LogP contribution in [0, 0.1) is 0 Å². The predicted octanol–water partition coefficient (Wildman–Crippen LogP) is 3.29. The van der Waals surface area contributed by atoms with Gasteiger partial charge in [-0.3, -0.25) is 4.79 Å². The molecule has 0 N–H and O–H groups in total. The van der Waals surface area contributed by atoms with Crippen molar-refractivity contribution in [3.8, 4) is 0 Å². The Hall–Kier alpha value is -0.830. The molecule has 1 aromatic rings. The highest BCUT2D eigenvalue weighted by Crippen LogP contribution is 2.29. The SMILES string of the molecule is COC(=O)CC(C)(C)c1cccc(Br)c1. The van der Waals surface area contributed by atoms with Gasteiger partial charge in [-0.2, -0.15) is 0 Å². The van der Waals surface area contributed by atoms with Gasteiger partial charge in [0, 0.05) is 9.89 Å². The Bertz CT molecular complexity index is 358. The molecule has 0 radical (unpaired) electrons. The minimum Gasteiger partial charge on any atom is -0.469 e. The highest BCUT2D eigenvalue weighted by molar-refractivity contribution is 9.10. The Balaban J connectivity index is 2.90. The van der Waals surface area contributed by atoms with Crippen LogP contribution >= 0.6 is 15.9 Å². The molecule has 0 aliphatic rings. The molecular weight excluding hydrogens is 256 g/mol. The van der Waals surface area contributed by atoms with Gasteiger partial charge < -0.3 is 4.74 Å². The number of halogens is 1. The summed E-state index contributed by atoms with van der Waals surface area (Å²) < 4.78 is 5.71. The molecule has 2 nitrogen and oxygen atoms in total. The normalized spacial score (nSPS) is 11.2. The molecule has 0 saturated heterocycles. The van der Waals surface area contributed by atoms with Gasteiger partial charge in [-0.25, -0.2) is 0 Å². The summed E-state index contributed by atoms with van der Waals surface area (Å²) in [5.74, 6) is -0.181. The molecule has 0 atom stereocenters. The Kier molecular flexibility index (Phi) is 3.91. The summed E-state index contributed by atoms with van der Waals surface area (Å²) in [6.07, 6.45) is 0.389. The van der Waals surface area contributed by atoms with Gasteiger partial charge in [-0.15, -0.1) is 0 Å². The van der Waals surface area contributed by atoms with Crippen LogP contribution in [0.2, 0.25) is 0 Å². The second kappa shape index (κ2) is 4.79. The third-order valence-electron chi connectivity index (χ3n) is 2.42. The summed E-state index contributed by atoms with van der Waals surface area (Å²) in [5.41, 5.74) is 0.930. The van der Waals surface area contributed by atoms with E-state index in [0.717, 1.165) is 10.0 Å². The fourth-order valence-electron chi connectivity index (χ4n) is 1.44. The third-order valence-corrected chi connectivity index (χ3v) is 2.91. The fourth-order valence-corrected chi connectivity index (χ4v) is 1.84. The fraction of sp³-hybridized carbons (Fsp3) is 0.417. The number of carbonyl (C=O) groups excluding carboxylic acids is 1. The first-order valence-corrected chi connectivity index (χ1v) is 5.58. The number of rotatable bonds is 3. The van der Waals surface area contributed by atoms with Crippen LogP contribution in [-0.2, 0) is 14.9 Å². The van der Waals surface area contributed by atoms with E-state index in [-0.39, 0.29) is 11.4 Å². The van der Waals surface area contributed by atoms with Crippen LogP contribution in [0.3, 0.4) is 0 Å². The molecule has 0 fully saturated rings. The maximum absolute atomic E-state index is 11.3. The molecule has 1 aromatic carbocycles. The summed E-state index contributed by atoms with van der Waals surface area (Å²) in [6, 6.07) is 7.99. The maximum atomic E-state index is 11.3. The zero-order chi connectivity index (χ0) is 11.5. The number of hydrogen-bond acceptors (Lipinski definition) is 2. The lowest BCUT2D eigenvalue weighted by Crippen LogP contribution is -2.22. The first-order valence-electron chi connectivity index (χ1n) is 4.78. The van der Waals surface area contributed by atoms with Crippen LogP contribution < -0.4 is 0 Å². The summed E-state index contributed by atoms with van der Waals surface area (Å²) in [6.45, 7) is 4.07. The van der Waals surface area contributed by atoms with Gasteiger partial charge in [0.05, 0.1) is 13.5 Å². The molecule has 0 spiro atoms. The van der Waals surface area contributed by atoms with E-state index >= 15 is 0 Å². The van der Waals surface area contributed by atoms with Crippen molar-refractivity contribution in [3.05, 3.63) is 34.3 Å². The summed E-state index contributed by atoms with van der Waals surface area (Å²) >= 11 is 3.42. The molecule has 82 valence electrons. The Morgan fingerprint density at radius 2 is 2.13 bits per heavy atom. The molecule has 1 rings (SSSR count). The minimum absolute atomic E-state index is 0.181. The summed E-state index contributed by atoms with van der Waals surface area (Å²) in [7, 11) is 1.42. The summed E-state index contributed by atoms with van der Waals surface area (Å²) in [5, 5.41) is 0. The Labute approximate surface area is 98.8 Å². The van der Waals surface area contributed by atoms with E-state index in [2.05, 4.69) is 20.7 Å². The second-order valence-electron chi connectivity index (χ2n) is 4.15. The van der Waals surface area contributed by atoms with E-state index in [9.17, 15) is 4.79 Å². The molecule has 3 heteroatoms. The van der Waals surface area contributed by atoms with E-state index < -0.39 is 0 Å². The van der Waals surface area contributed by atoms with Gasteiger partial charge in [-0.1, -0.05) is 41.9 Å². The molecule has 0 amide bonds. The number of benzene rings is 1. The monoisotopic (exact) mass is 270 g/mol. The number of hydrogen-bond donors (Lipinski definition) is 0. The van der Waals surface area contributed by atoms with Crippen molar-refractivity contribution >= 4 is 21.9 Å². The largest absolute Gasteiger partial charge is 0.469 e. The van der Waals surface area contributed by atoms with Gasteiger partial charge in [0.25, 0.3) is 0 Å². The minimum atomic E-state index is -0.198. The number of ether oxygens (including phenoxy) is 1.